The fraction of sp³-hybridized carbons (Fsp3) is 0.538. The summed E-state index contributed by atoms with van der Waals surface area (Å²) in [7, 11) is -1.49. The van der Waals surface area contributed by atoms with Crippen molar-refractivity contribution >= 4 is 31.7 Å². The van der Waals surface area contributed by atoms with Crippen LogP contribution in [0, 0.1) is 0 Å². The van der Waals surface area contributed by atoms with Crippen LogP contribution in [0.4, 0.5) is 0 Å². The van der Waals surface area contributed by atoms with E-state index >= 15 is 0 Å². The topological polar surface area (TPSA) is 76.6 Å². The SMILES string of the molecule is COCCN(C(=O)c1ccc(Br)nc1)C1CCS(=O)(=O)C1. The van der Waals surface area contributed by atoms with Gasteiger partial charge < -0.3 is 9.64 Å². The fourth-order valence-electron chi connectivity index (χ4n) is 2.33. The first-order valence-corrected chi connectivity index (χ1v) is 9.16. The van der Waals surface area contributed by atoms with Gasteiger partial charge in [0, 0.05) is 25.9 Å². The van der Waals surface area contributed by atoms with Gasteiger partial charge in [0.25, 0.3) is 5.91 Å². The van der Waals surface area contributed by atoms with Crippen molar-refractivity contribution in [2.75, 3.05) is 31.8 Å². The fourth-order valence-corrected chi connectivity index (χ4v) is 4.29. The molecule has 1 aromatic heterocycles. The number of sulfone groups is 1. The zero-order valence-corrected chi connectivity index (χ0v) is 14.1. The second kappa shape index (κ2) is 6.85. The summed E-state index contributed by atoms with van der Waals surface area (Å²) >= 11 is 3.22. The molecule has 116 valence electrons. The first kappa shape index (κ1) is 16.4. The van der Waals surface area contributed by atoms with Crippen molar-refractivity contribution in [2.45, 2.75) is 12.5 Å². The lowest BCUT2D eigenvalue weighted by Crippen LogP contribution is -2.43. The highest BCUT2D eigenvalue weighted by Gasteiger charge is 2.34. The van der Waals surface area contributed by atoms with Crippen LogP contribution in [0.5, 0.6) is 0 Å². The Bertz CT molecular complexity index is 603. The maximum Gasteiger partial charge on any atom is 0.255 e. The summed E-state index contributed by atoms with van der Waals surface area (Å²) in [5, 5.41) is 0. The van der Waals surface area contributed by atoms with Gasteiger partial charge in [-0.05, 0) is 34.5 Å². The Hall–Kier alpha value is -0.990. The molecule has 1 fully saturated rings. The number of carbonyl (C=O) groups is 1. The van der Waals surface area contributed by atoms with E-state index in [9.17, 15) is 13.2 Å². The van der Waals surface area contributed by atoms with E-state index in [4.69, 9.17) is 4.74 Å². The minimum absolute atomic E-state index is 0.0202. The number of aromatic nitrogens is 1. The Balaban J connectivity index is 2.19. The van der Waals surface area contributed by atoms with E-state index in [2.05, 4.69) is 20.9 Å². The lowest BCUT2D eigenvalue weighted by atomic mass is 10.1. The third kappa shape index (κ3) is 4.24. The normalized spacial score (nSPS) is 20.4. The summed E-state index contributed by atoms with van der Waals surface area (Å²) in [6, 6.07) is 3.07. The molecule has 1 unspecified atom stereocenters. The predicted octanol–water partition coefficient (Wildman–Crippen LogP) is 1.12. The largest absolute Gasteiger partial charge is 0.383 e. The Morgan fingerprint density at radius 1 is 1.52 bits per heavy atom. The summed E-state index contributed by atoms with van der Waals surface area (Å²) in [4.78, 5) is 18.2. The molecule has 6 nitrogen and oxygen atoms in total. The quantitative estimate of drug-likeness (QED) is 0.719. The highest BCUT2D eigenvalue weighted by atomic mass is 79.9. The van der Waals surface area contributed by atoms with E-state index < -0.39 is 9.84 Å². The van der Waals surface area contributed by atoms with Crippen LogP contribution >= 0.6 is 15.9 Å². The summed E-state index contributed by atoms with van der Waals surface area (Å²) < 4.78 is 28.9. The monoisotopic (exact) mass is 376 g/mol. The molecule has 0 spiro atoms. The molecule has 1 aromatic rings. The van der Waals surface area contributed by atoms with Crippen molar-refractivity contribution in [3.63, 3.8) is 0 Å². The number of amides is 1. The molecule has 0 N–H and O–H groups in total. The van der Waals surface area contributed by atoms with E-state index in [-0.39, 0.29) is 23.5 Å². The third-order valence-corrected chi connectivity index (χ3v) is 5.64. The van der Waals surface area contributed by atoms with Gasteiger partial charge in [-0.1, -0.05) is 0 Å². The Labute approximate surface area is 132 Å². The zero-order chi connectivity index (χ0) is 15.5. The Morgan fingerprint density at radius 2 is 2.29 bits per heavy atom. The van der Waals surface area contributed by atoms with Crippen LogP contribution in [0.1, 0.15) is 16.8 Å². The minimum atomic E-state index is -3.05. The maximum atomic E-state index is 12.6. The average molecular weight is 377 g/mol. The molecule has 0 bridgehead atoms. The van der Waals surface area contributed by atoms with Crippen LogP contribution in [0.2, 0.25) is 0 Å². The molecule has 1 amide bonds. The minimum Gasteiger partial charge on any atom is -0.383 e. The second-order valence-electron chi connectivity index (χ2n) is 4.92. The molecule has 0 aromatic carbocycles. The number of halogens is 1. The van der Waals surface area contributed by atoms with E-state index in [1.54, 1.807) is 24.1 Å². The number of rotatable bonds is 5. The van der Waals surface area contributed by atoms with Gasteiger partial charge in [-0.25, -0.2) is 13.4 Å². The van der Waals surface area contributed by atoms with Gasteiger partial charge in [0.2, 0.25) is 0 Å². The number of nitrogens with zero attached hydrogens (tertiary/aromatic N) is 2. The van der Waals surface area contributed by atoms with Crippen LogP contribution in [0.3, 0.4) is 0 Å². The van der Waals surface area contributed by atoms with Crippen LogP contribution in [0.25, 0.3) is 0 Å². The molecule has 1 aliphatic heterocycles. The van der Waals surface area contributed by atoms with Crippen molar-refractivity contribution in [2.24, 2.45) is 0 Å². The Morgan fingerprint density at radius 3 is 2.81 bits per heavy atom. The van der Waals surface area contributed by atoms with E-state index in [0.717, 1.165) is 0 Å². The van der Waals surface area contributed by atoms with Gasteiger partial charge >= 0.3 is 0 Å². The maximum absolute atomic E-state index is 12.6. The molecule has 1 aliphatic rings. The van der Waals surface area contributed by atoms with Crippen LogP contribution < -0.4 is 0 Å². The van der Waals surface area contributed by atoms with Gasteiger partial charge in [-0.15, -0.1) is 0 Å². The van der Waals surface area contributed by atoms with E-state index in [1.807, 2.05) is 0 Å². The molecule has 0 saturated carbocycles. The highest BCUT2D eigenvalue weighted by Crippen LogP contribution is 2.20. The average Bonchev–Trinajstić information content (AvgIpc) is 2.80. The van der Waals surface area contributed by atoms with Gasteiger partial charge in [-0.2, -0.15) is 0 Å². The molecule has 2 heterocycles. The van der Waals surface area contributed by atoms with Crippen molar-refractivity contribution < 1.29 is 17.9 Å². The summed E-state index contributed by atoms with van der Waals surface area (Å²) in [6.45, 7) is 0.734. The molecule has 8 heteroatoms. The molecule has 0 aliphatic carbocycles. The smallest absolute Gasteiger partial charge is 0.255 e. The standard InChI is InChI=1S/C13H17BrN2O4S/c1-20-6-5-16(11-4-7-21(18,19)9-11)13(17)10-2-3-12(14)15-8-10/h2-3,8,11H,4-7,9H2,1H3. The van der Waals surface area contributed by atoms with E-state index in [1.165, 1.54) is 6.20 Å². The number of hydrogen-bond acceptors (Lipinski definition) is 5. The molecule has 0 radical (unpaired) electrons. The van der Waals surface area contributed by atoms with Crippen molar-refractivity contribution in [1.29, 1.82) is 0 Å². The summed E-state index contributed by atoms with van der Waals surface area (Å²) in [6.07, 6.45) is 1.96. The zero-order valence-electron chi connectivity index (χ0n) is 11.7. The third-order valence-electron chi connectivity index (χ3n) is 3.42. The van der Waals surface area contributed by atoms with Crippen LogP contribution in [-0.4, -0.2) is 62.0 Å². The van der Waals surface area contributed by atoms with Crippen LogP contribution in [0.15, 0.2) is 22.9 Å². The number of methoxy groups -OCH3 is 1. The number of carbonyl (C=O) groups excluding carboxylic acids is 1. The molecule has 1 atom stereocenters. The van der Waals surface area contributed by atoms with Gasteiger partial charge in [0.15, 0.2) is 9.84 Å². The molecule has 2 rings (SSSR count). The number of ether oxygens (including phenoxy) is 1. The van der Waals surface area contributed by atoms with Crippen LogP contribution in [-0.2, 0) is 14.6 Å². The first-order valence-electron chi connectivity index (χ1n) is 6.55. The number of pyridine rings is 1. The molecular formula is C13H17BrN2O4S. The van der Waals surface area contributed by atoms with Gasteiger partial charge in [0.05, 0.1) is 23.7 Å². The lowest BCUT2D eigenvalue weighted by Gasteiger charge is -2.28. The number of hydrogen-bond donors (Lipinski definition) is 0. The van der Waals surface area contributed by atoms with Crippen molar-refractivity contribution in [3.05, 3.63) is 28.5 Å². The summed E-state index contributed by atoms with van der Waals surface area (Å²) in [5.74, 6) is -0.0615. The molecule has 21 heavy (non-hydrogen) atoms. The second-order valence-corrected chi connectivity index (χ2v) is 7.96. The van der Waals surface area contributed by atoms with Crippen molar-refractivity contribution in [3.8, 4) is 0 Å². The Kier molecular flexibility index (Phi) is 5.34. The summed E-state index contributed by atoms with van der Waals surface area (Å²) in [5.41, 5.74) is 0.443. The highest BCUT2D eigenvalue weighted by molar-refractivity contribution is 9.10. The first-order chi connectivity index (χ1) is 9.93. The van der Waals surface area contributed by atoms with Crippen molar-refractivity contribution in [1.82, 2.24) is 9.88 Å². The lowest BCUT2D eigenvalue weighted by molar-refractivity contribution is 0.0624. The predicted molar refractivity (Wildman–Crippen MR) is 81.9 cm³/mol. The van der Waals surface area contributed by atoms with E-state index in [0.29, 0.717) is 29.7 Å². The molecule has 1 saturated heterocycles. The van der Waals surface area contributed by atoms with Gasteiger partial charge in [-0.3, -0.25) is 4.79 Å². The molecular weight excluding hydrogens is 360 g/mol. The van der Waals surface area contributed by atoms with Gasteiger partial charge in [0.1, 0.15) is 4.60 Å².